The molecule has 1 aliphatic heterocycles. The van der Waals surface area contributed by atoms with Crippen LogP contribution >= 0.6 is 0 Å². The Bertz CT molecular complexity index is 346. The van der Waals surface area contributed by atoms with Gasteiger partial charge < -0.3 is 14.9 Å². The van der Waals surface area contributed by atoms with Crippen molar-refractivity contribution in [3.05, 3.63) is 0 Å². The second-order valence-corrected chi connectivity index (χ2v) is 4.92. The molecule has 1 aliphatic carbocycles. The van der Waals surface area contributed by atoms with Crippen LogP contribution in [0.25, 0.3) is 0 Å². The molecule has 2 N–H and O–H groups in total. The van der Waals surface area contributed by atoms with Gasteiger partial charge in [0.1, 0.15) is 6.54 Å². The molecule has 2 fully saturated rings. The van der Waals surface area contributed by atoms with E-state index in [0.29, 0.717) is 12.8 Å². The molecule has 0 radical (unpaired) electrons. The van der Waals surface area contributed by atoms with Crippen LogP contribution in [-0.4, -0.2) is 45.0 Å². The highest BCUT2D eigenvalue weighted by Gasteiger charge is 2.62. The Kier molecular flexibility index (Phi) is 2.77. The third-order valence-electron chi connectivity index (χ3n) is 3.85. The monoisotopic (exact) mass is 243 g/mol. The normalized spacial score (nSPS) is 31.6. The maximum Gasteiger partial charge on any atom is 0.413 e. The van der Waals surface area contributed by atoms with Gasteiger partial charge in [0.25, 0.3) is 0 Å². The number of aliphatic hydroxyl groups is 1. The van der Waals surface area contributed by atoms with E-state index in [1.165, 1.54) is 6.92 Å². The molecule has 0 bridgehead atoms. The predicted molar refractivity (Wildman–Crippen MR) is 57.3 cm³/mol. The molecule has 1 saturated heterocycles. The Morgan fingerprint density at radius 2 is 2.00 bits per heavy atom. The molecule has 6 nitrogen and oxygen atoms in total. The number of carbonyl (C=O) groups excluding carboxylic acids is 1. The summed E-state index contributed by atoms with van der Waals surface area (Å²) in [6.45, 7) is 0.930. The highest BCUT2D eigenvalue weighted by molar-refractivity contribution is 5.79. The van der Waals surface area contributed by atoms with E-state index < -0.39 is 29.9 Å². The first-order chi connectivity index (χ1) is 7.89. The van der Waals surface area contributed by atoms with Crippen molar-refractivity contribution in [2.24, 2.45) is 0 Å². The number of nitrogens with zero attached hydrogens (tertiary/aromatic N) is 1. The second kappa shape index (κ2) is 3.87. The number of hydrogen-bond acceptors (Lipinski definition) is 4. The van der Waals surface area contributed by atoms with Crippen LogP contribution in [0.1, 0.15) is 39.0 Å². The second-order valence-electron chi connectivity index (χ2n) is 4.92. The van der Waals surface area contributed by atoms with Gasteiger partial charge in [0.15, 0.2) is 11.3 Å². The van der Waals surface area contributed by atoms with E-state index in [1.54, 1.807) is 0 Å². The lowest BCUT2D eigenvalue weighted by molar-refractivity contribution is -0.166. The Morgan fingerprint density at radius 1 is 1.41 bits per heavy atom. The summed E-state index contributed by atoms with van der Waals surface area (Å²) in [6, 6.07) is 0. The molecule has 96 valence electrons. The van der Waals surface area contributed by atoms with Crippen LogP contribution in [0.4, 0.5) is 4.79 Å². The average molecular weight is 243 g/mol. The smallest absolute Gasteiger partial charge is 0.413 e. The maximum atomic E-state index is 11.7. The number of carbonyl (C=O) groups is 2. The molecule has 1 heterocycles. The molecule has 2 aliphatic rings. The van der Waals surface area contributed by atoms with E-state index in [2.05, 4.69) is 0 Å². The maximum absolute atomic E-state index is 11.7. The van der Waals surface area contributed by atoms with Crippen molar-refractivity contribution >= 4 is 12.1 Å². The van der Waals surface area contributed by atoms with Gasteiger partial charge in [-0.15, -0.1) is 0 Å². The Hall–Kier alpha value is -1.30. The zero-order valence-corrected chi connectivity index (χ0v) is 9.81. The summed E-state index contributed by atoms with van der Waals surface area (Å²) >= 11 is 0. The highest BCUT2D eigenvalue weighted by Crippen LogP contribution is 2.46. The van der Waals surface area contributed by atoms with Crippen LogP contribution in [0.15, 0.2) is 0 Å². The number of amides is 1. The minimum Gasteiger partial charge on any atom is -0.480 e. The summed E-state index contributed by atoms with van der Waals surface area (Å²) in [5, 5.41) is 19.2. The van der Waals surface area contributed by atoms with Gasteiger partial charge in [-0.25, -0.2) is 4.79 Å². The molecule has 6 heteroatoms. The molecule has 2 rings (SSSR count). The first kappa shape index (κ1) is 12.2. The Morgan fingerprint density at radius 3 is 2.53 bits per heavy atom. The van der Waals surface area contributed by atoms with Gasteiger partial charge in [0, 0.05) is 0 Å². The Labute approximate surface area is 99.2 Å². The molecular formula is C11H17NO5. The lowest BCUT2D eigenvalue weighted by atomic mass is 9.77. The summed E-state index contributed by atoms with van der Waals surface area (Å²) in [6.07, 6.45) is 3.24. The van der Waals surface area contributed by atoms with Crippen LogP contribution in [-0.2, 0) is 9.53 Å². The molecule has 1 saturated carbocycles. The number of hydrogen-bond donors (Lipinski definition) is 2. The number of carboxylic acids is 1. The van der Waals surface area contributed by atoms with Crippen LogP contribution in [0.2, 0.25) is 0 Å². The standard InChI is InChI=1S/C11H17NO5/c1-10(16)11(5-3-2-4-6-11)17-9(15)12(10)7-8(13)14/h16H,2-7H2,1H3,(H,13,14)/t10-/m0/s1. The molecule has 1 atom stereocenters. The van der Waals surface area contributed by atoms with Crippen LogP contribution < -0.4 is 0 Å². The third kappa shape index (κ3) is 1.76. The van der Waals surface area contributed by atoms with E-state index in [1.807, 2.05) is 0 Å². The SMILES string of the molecule is C[C@@]1(O)N(CC(=O)O)C(=O)OC12CCCCC2. The van der Waals surface area contributed by atoms with E-state index in [9.17, 15) is 14.7 Å². The van der Waals surface area contributed by atoms with Crippen molar-refractivity contribution in [3.63, 3.8) is 0 Å². The van der Waals surface area contributed by atoms with Gasteiger partial charge in [-0.05, 0) is 32.6 Å². The summed E-state index contributed by atoms with van der Waals surface area (Å²) in [4.78, 5) is 23.3. The van der Waals surface area contributed by atoms with Crippen LogP contribution in [0, 0.1) is 0 Å². The van der Waals surface area contributed by atoms with Gasteiger partial charge >= 0.3 is 12.1 Å². The van der Waals surface area contributed by atoms with Crippen molar-refractivity contribution in [1.29, 1.82) is 0 Å². The van der Waals surface area contributed by atoms with Crippen molar-refractivity contribution in [3.8, 4) is 0 Å². The van der Waals surface area contributed by atoms with Crippen molar-refractivity contribution in [2.75, 3.05) is 6.54 Å². The summed E-state index contributed by atoms with van der Waals surface area (Å²) in [7, 11) is 0. The zero-order valence-electron chi connectivity index (χ0n) is 9.81. The number of carboxylic acid groups (broad SMARTS) is 1. The fourth-order valence-electron chi connectivity index (χ4n) is 2.79. The zero-order chi connectivity index (χ0) is 12.7. The van der Waals surface area contributed by atoms with Crippen molar-refractivity contribution in [2.45, 2.75) is 50.4 Å². The Balaban J connectivity index is 2.27. The van der Waals surface area contributed by atoms with E-state index in [0.717, 1.165) is 24.2 Å². The fraction of sp³-hybridized carbons (Fsp3) is 0.818. The summed E-state index contributed by atoms with van der Waals surface area (Å²) in [5.74, 6) is -1.16. The molecule has 0 aromatic heterocycles. The van der Waals surface area contributed by atoms with Gasteiger partial charge in [-0.1, -0.05) is 6.42 Å². The number of aliphatic carboxylic acids is 1. The minimum absolute atomic E-state index is 0.534. The lowest BCUT2D eigenvalue weighted by Crippen LogP contribution is -2.58. The van der Waals surface area contributed by atoms with Gasteiger partial charge in [-0.2, -0.15) is 0 Å². The highest BCUT2D eigenvalue weighted by atomic mass is 16.6. The minimum atomic E-state index is -1.54. The van der Waals surface area contributed by atoms with Gasteiger partial charge in [-0.3, -0.25) is 9.69 Å². The number of rotatable bonds is 2. The van der Waals surface area contributed by atoms with Gasteiger partial charge in [0.05, 0.1) is 0 Å². The summed E-state index contributed by atoms with van der Waals surface area (Å²) < 4.78 is 5.29. The molecule has 1 spiro atoms. The van der Waals surface area contributed by atoms with Crippen molar-refractivity contribution in [1.82, 2.24) is 4.90 Å². The average Bonchev–Trinajstić information content (AvgIpc) is 2.41. The molecular weight excluding hydrogens is 226 g/mol. The van der Waals surface area contributed by atoms with Crippen LogP contribution in [0.5, 0.6) is 0 Å². The van der Waals surface area contributed by atoms with Crippen LogP contribution in [0.3, 0.4) is 0 Å². The molecule has 17 heavy (non-hydrogen) atoms. The molecule has 0 unspecified atom stereocenters. The lowest BCUT2D eigenvalue weighted by Gasteiger charge is -2.41. The van der Waals surface area contributed by atoms with E-state index >= 15 is 0 Å². The van der Waals surface area contributed by atoms with E-state index in [-0.39, 0.29) is 0 Å². The first-order valence-corrected chi connectivity index (χ1v) is 5.84. The topological polar surface area (TPSA) is 87.1 Å². The van der Waals surface area contributed by atoms with E-state index in [4.69, 9.17) is 9.84 Å². The summed E-state index contributed by atoms with van der Waals surface area (Å²) in [5.41, 5.74) is -2.47. The molecule has 0 aromatic carbocycles. The van der Waals surface area contributed by atoms with Crippen molar-refractivity contribution < 1.29 is 24.5 Å². The quantitative estimate of drug-likeness (QED) is 0.753. The largest absolute Gasteiger partial charge is 0.480 e. The predicted octanol–water partition coefficient (Wildman–Crippen LogP) is 0.935. The molecule has 1 amide bonds. The number of ether oxygens (including phenoxy) is 1. The third-order valence-corrected chi connectivity index (χ3v) is 3.85. The first-order valence-electron chi connectivity index (χ1n) is 5.84. The van der Waals surface area contributed by atoms with Gasteiger partial charge in [0.2, 0.25) is 0 Å². The fourth-order valence-corrected chi connectivity index (χ4v) is 2.79. The molecule has 0 aromatic rings.